The van der Waals surface area contributed by atoms with Gasteiger partial charge >= 0.3 is 0 Å². The van der Waals surface area contributed by atoms with E-state index in [0.717, 1.165) is 16.0 Å². The molecule has 2 rings (SSSR count). The molecular weight excluding hydrogens is 244 g/mol. The van der Waals surface area contributed by atoms with Crippen LogP contribution in [0, 0.1) is 0 Å². The van der Waals surface area contributed by atoms with Crippen molar-refractivity contribution in [1.82, 2.24) is 4.98 Å². The molecule has 1 aliphatic carbocycles. The first-order valence-corrected chi connectivity index (χ1v) is 5.46. The fourth-order valence-corrected chi connectivity index (χ4v) is 1.95. The number of pyridine rings is 1. The number of anilines is 1. The van der Waals surface area contributed by atoms with Crippen LogP contribution in [-0.2, 0) is 0 Å². The Labute approximate surface area is 92.2 Å². The molecule has 1 fully saturated rings. The van der Waals surface area contributed by atoms with Crippen LogP contribution in [-0.4, -0.2) is 25.2 Å². The van der Waals surface area contributed by atoms with Crippen molar-refractivity contribution in [2.24, 2.45) is 0 Å². The summed E-state index contributed by atoms with van der Waals surface area (Å²) in [6.45, 7) is 0. The molecular formula is C10H13BrN2O. The third-order valence-corrected chi connectivity index (χ3v) is 2.69. The zero-order valence-corrected chi connectivity index (χ0v) is 9.91. The van der Waals surface area contributed by atoms with Gasteiger partial charge in [0.15, 0.2) is 0 Å². The lowest BCUT2D eigenvalue weighted by molar-refractivity contribution is 0.303. The Morgan fingerprint density at radius 2 is 2.21 bits per heavy atom. The summed E-state index contributed by atoms with van der Waals surface area (Å²) in [5, 5.41) is 0. The van der Waals surface area contributed by atoms with E-state index in [9.17, 15) is 0 Å². The van der Waals surface area contributed by atoms with E-state index in [0.29, 0.717) is 6.10 Å². The molecule has 0 aromatic carbocycles. The molecule has 0 saturated heterocycles. The fourth-order valence-electron chi connectivity index (χ4n) is 1.28. The van der Waals surface area contributed by atoms with Crippen molar-refractivity contribution in [2.45, 2.75) is 18.9 Å². The van der Waals surface area contributed by atoms with Gasteiger partial charge in [-0.3, -0.25) is 0 Å². The highest BCUT2D eigenvalue weighted by Gasteiger charge is 2.25. The molecule has 4 heteroatoms. The lowest BCUT2D eigenvalue weighted by Gasteiger charge is -2.18. The van der Waals surface area contributed by atoms with Gasteiger partial charge in [0.1, 0.15) is 16.0 Å². The Balaban J connectivity index is 2.30. The van der Waals surface area contributed by atoms with Crippen LogP contribution in [0.3, 0.4) is 0 Å². The van der Waals surface area contributed by atoms with Crippen LogP contribution in [0.15, 0.2) is 16.9 Å². The highest BCUT2D eigenvalue weighted by molar-refractivity contribution is 9.10. The molecule has 0 radical (unpaired) electrons. The molecule has 0 N–H and O–H groups in total. The van der Waals surface area contributed by atoms with Crippen LogP contribution in [0.5, 0.6) is 5.75 Å². The molecule has 0 aliphatic heterocycles. The lowest BCUT2D eigenvalue weighted by Crippen LogP contribution is -2.12. The van der Waals surface area contributed by atoms with Gasteiger partial charge in [-0.05, 0) is 28.8 Å². The molecule has 1 aromatic rings. The summed E-state index contributed by atoms with van der Waals surface area (Å²) in [4.78, 5) is 6.19. The standard InChI is InChI=1S/C10H13BrN2O/c1-13(2)9-8(14-7-3-4-7)5-6-12-10(9)11/h5-7H,3-4H2,1-2H3. The molecule has 0 amide bonds. The number of hydrogen-bond donors (Lipinski definition) is 0. The molecule has 1 saturated carbocycles. The second-order valence-corrected chi connectivity index (χ2v) is 4.41. The summed E-state index contributed by atoms with van der Waals surface area (Å²) >= 11 is 3.43. The minimum atomic E-state index is 0.419. The maximum absolute atomic E-state index is 5.79. The zero-order chi connectivity index (χ0) is 10.1. The maximum atomic E-state index is 5.79. The average Bonchev–Trinajstić information content (AvgIpc) is 2.87. The van der Waals surface area contributed by atoms with E-state index in [1.54, 1.807) is 6.20 Å². The van der Waals surface area contributed by atoms with Crippen LogP contribution in [0.4, 0.5) is 5.69 Å². The van der Waals surface area contributed by atoms with Crippen molar-refractivity contribution in [3.8, 4) is 5.75 Å². The second-order valence-electron chi connectivity index (χ2n) is 3.66. The van der Waals surface area contributed by atoms with E-state index in [1.807, 2.05) is 25.1 Å². The minimum Gasteiger partial charge on any atom is -0.488 e. The van der Waals surface area contributed by atoms with Crippen LogP contribution >= 0.6 is 15.9 Å². The highest BCUT2D eigenvalue weighted by Crippen LogP contribution is 2.36. The summed E-state index contributed by atoms with van der Waals surface area (Å²) in [6.07, 6.45) is 4.53. The summed E-state index contributed by atoms with van der Waals surface area (Å²) in [5.41, 5.74) is 1.01. The Morgan fingerprint density at radius 3 is 2.79 bits per heavy atom. The van der Waals surface area contributed by atoms with Gasteiger partial charge in [0, 0.05) is 26.4 Å². The lowest BCUT2D eigenvalue weighted by atomic mass is 10.3. The highest BCUT2D eigenvalue weighted by atomic mass is 79.9. The molecule has 76 valence electrons. The summed E-state index contributed by atoms with van der Waals surface area (Å²) < 4.78 is 6.62. The number of nitrogens with zero attached hydrogens (tertiary/aromatic N) is 2. The molecule has 0 atom stereocenters. The number of ether oxygens (including phenoxy) is 1. The van der Waals surface area contributed by atoms with Gasteiger partial charge in [-0.2, -0.15) is 0 Å². The number of hydrogen-bond acceptors (Lipinski definition) is 3. The van der Waals surface area contributed by atoms with Gasteiger partial charge in [0.2, 0.25) is 0 Å². The predicted octanol–water partition coefficient (Wildman–Crippen LogP) is 2.45. The monoisotopic (exact) mass is 256 g/mol. The molecule has 14 heavy (non-hydrogen) atoms. The van der Waals surface area contributed by atoms with Gasteiger partial charge in [0.05, 0.1) is 6.10 Å². The smallest absolute Gasteiger partial charge is 0.147 e. The van der Waals surface area contributed by atoms with Gasteiger partial charge in [-0.15, -0.1) is 0 Å². The summed E-state index contributed by atoms with van der Waals surface area (Å²) in [5.74, 6) is 0.916. The first kappa shape index (κ1) is 9.77. The minimum absolute atomic E-state index is 0.419. The van der Waals surface area contributed by atoms with Gasteiger partial charge in [-0.1, -0.05) is 0 Å². The van der Waals surface area contributed by atoms with E-state index in [-0.39, 0.29) is 0 Å². The van der Waals surface area contributed by atoms with Crippen molar-refractivity contribution in [3.05, 3.63) is 16.9 Å². The van der Waals surface area contributed by atoms with Crippen molar-refractivity contribution in [2.75, 3.05) is 19.0 Å². The third-order valence-electron chi connectivity index (χ3n) is 2.11. The van der Waals surface area contributed by atoms with Gasteiger partial charge in [-0.25, -0.2) is 4.98 Å². The summed E-state index contributed by atoms with van der Waals surface area (Å²) in [7, 11) is 3.98. The van der Waals surface area contributed by atoms with Crippen molar-refractivity contribution < 1.29 is 4.74 Å². The Hall–Kier alpha value is -0.770. The fraction of sp³-hybridized carbons (Fsp3) is 0.500. The van der Waals surface area contributed by atoms with Crippen LogP contribution in [0.1, 0.15) is 12.8 Å². The van der Waals surface area contributed by atoms with Crippen molar-refractivity contribution in [1.29, 1.82) is 0 Å². The quantitative estimate of drug-likeness (QED) is 0.778. The van der Waals surface area contributed by atoms with E-state index >= 15 is 0 Å². The first-order chi connectivity index (χ1) is 6.68. The molecule has 1 aliphatic rings. The number of aromatic nitrogens is 1. The SMILES string of the molecule is CN(C)c1c(OC2CC2)ccnc1Br. The van der Waals surface area contributed by atoms with Gasteiger partial charge < -0.3 is 9.64 Å². The molecule has 0 unspecified atom stereocenters. The average molecular weight is 257 g/mol. The van der Waals surface area contributed by atoms with Crippen molar-refractivity contribution in [3.63, 3.8) is 0 Å². The van der Waals surface area contributed by atoms with E-state index < -0.39 is 0 Å². The number of halogens is 1. The van der Waals surface area contributed by atoms with Crippen LogP contribution < -0.4 is 9.64 Å². The maximum Gasteiger partial charge on any atom is 0.147 e. The third kappa shape index (κ3) is 2.00. The van der Waals surface area contributed by atoms with E-state index in [2.05, 4.69) is 20.9 Å². The molecule has 1 aromatic heterocycles. The Bertz CT molecular complexity index is 337. The van der Waals surface area contributed by atoms with Crippen LogP contribution in [0.2, 0.25) is 0 Å². The largest absolute Gasteiger partial charge is 0.488 e. The number of rotatable bonds is 3. The molecule has 0 bridgehead atoms. The first-order valence-electron chi connectivity index (χ1n) is 4.67. The van der Waals surface area contributed by atoms with E-state index in [1.165, 1.54) is 12.8 Å². The second kappa shape index (κ2) is 3.77. The topological polar surface area (TPSA) is 25.4 Å². The Kier molecular flexibility index (Phi) is 2.63. The molecule has 0 spiro atoms. The summed E-state index contributed by atoms with van der Waals surface area (Å²) in [6, 6.07) is 1.92. The van der Waals surface area contributed by atoms with Crippen LogP contribution in [0.25, 0.3) is 0 Å². The molecule has 3 nitrogen and oxygen atoms in total. The van der Waals surface area contributed by atoms with Crippen molar-refractivity contribution >= 4 is 21.6 Å². The predicted molar refractivity (Wildman–Crippen MR) is 59.9 cm³/mol. The zero-order valence-electron chi connectivity index (χ0n) is 8.33. The molecule has 1 heterocycles. The van der Waals surface area contributed by atoms with E-state index in [4.69, 9.17) is 4.74 Å². The Morgan fingerprint density at radius 1 is 1.50 bits per heavy atom. The normalized spacial score (nSPS) is 15.4. The van der Waals surface area contributed by atoms with Gasteiger partial charge in [0.25, 0.3) is 0 Å².